The molecule has 128 valence electrons. The van der Waals surface area contributed by atoms with Gasteiger partial charge in [-0.2, -0.15) is 17.0 Å². The van der Waals surface area contributed by atoms with E-state index in [9.17, 15) is 8.42 Å². The van der Waals surface area contributed by atoms with Gasteiger partial charge in [0.1, 0.15) is 11.5 Å². The van der Waals surface area contributed by atoms with Crippen LogP contribution in [0.4, 0.5) is 0 Å². The van der Waals surface area contributed by atoms with Crippen LogP contribution in [0.25, 0.3) is 0 Å². The summed E-state index contributed by atoms with van der Waals surface area (Å²) < 4.78 is 35.3. The van der Waals surface area contributed by atoms with E-state index in [2.05, 4.69) is 6.92 Å². The van der Waals surface area contributed by atoms with E-state index in [0.29, 0.717) is 31.5 Å². The van der Waals surface area contributed by atoms with Gasteiger partial charge in [0.2, 0.25) is 0 Å². The zero-order valence-electron chi connectivity index (χ0n) is 13.8. The molecule has 1 aliphatic heterocycles. The Morgan fingerprint density at radius 2 is 1.91 bits per heavy atom. The van der Waals surface area contributed by atoms with Gasteiger partial charge in [-0.05, 0) is 50.2 Å². The fourth-order valence-corrected chi connectivity index (χ4v) is 5.45. The quantitative estimate of drug-likeness (QED) is 0.801. The Kier molecular flexibility index (Phi) is 4.02. The Balaban J connectivity index is 1.50. The number of furan rings is 1. The van der Waals surface area contributed by atoms with Crippen molar-refractivity contribution in [3.8, 4) is 0 Å². The minimum absolute atomic E-state index is 0.162. The molecule has 0 radical (unpaired) electrons. The molecule has 0 unspecified atom stereocenters. The maximum absolute atomic E-state index is 13.0. The molecule has 0 aromatic carbocycles. The summed E-state index contributed by atoms with van der Waals surface area (Å²) in [5.74, 6) is 3.05. The third-order valence-corrected chi connectivity index (χ3v) is 7.40. The molecule has 0 spiro atoms. The van der Waals surface area contributed by atoms with Crippen molar-refractivity contribution in [3.63, 3.8) is 0 Å². The standard InChI is InChI=1S/C17H26N2O3S/c1-13-11-16(13)17-8-7-15(22-17)12-19(14-5-6-14)23(20,21)18-9-3-2-4-10-18/h7-8,13-14,16H,2-6,9-12H2,1H3/t13-,16-/m1/s1. The first-order chi connectivity index (χ1) is 11.1. The Morgan fingerprint density at radius 3 is 2.52 bits per heavy atom. The molecule has 2 aliphatic carbocycles. The lowest BCUT2D eigenvalue weighted by Crippen LogP contribution is -2.46. The number of hydrogen-bond donors (Lipinski definition) is 0. The highest BCUT2D eigenvalue weighted by atomic mass is 32.2. The highest BCUT2D eigenvalue weighted by Gasteiger charge is 2.42. The van der Waals surface area contributed by atoms with Gasteiger partial charge in [-0.15, -0.1) is 0 Å². The fraction of sp³-hybridized carbons (Fsp3) is 0.765. The van der Waals surface area contributed by atoms with E-state index in [1.807, 2.05) is 12.1 Å². The van der Waals surface area contributed by atoms with Crippen LogP contribution in [0.1, 0.15) is 62.9 Å². The first-order valence-electron chi connectivity index (χ1n) is 8.91. The monoisotopic (exact) mass is 338 g/mol. The van der Waals surface area contributed by atoms with Gasteiger partial charge in [0.15, 0.2) is 0 Å². The van der Waals surface area contributed by atoms with Gasteiger partial charge in [0, 0.05) is 25.0 Å². The summed E-state index contributed by atoms with van der Waals surface area (Å²) >= 11 is 0. The van der Waals surface area contributed by atoms with Crippen LogP contribution in [0.2, 0.25) is 0 Å². The van der Waals surface area contributed by atoms with Crippen molar-refractivity contribution in [1.82, 2.24) is 8.61 Å². The molecule has 3 aliphatic rings. The average Bonchev–Trinajstić information content (AvgIpc) is 3.47. The van der Waals surface area contributed by atoms with E-state index in [4.69, 9.17) is 4.42 Å². The van der Waals surface area contributed by atoms with Crippen LogP contribution < -0.4 is 0 Å². The molecule has 4 rings (SSSR count). The summed E-state index contributed by atoms with van der Waals surface area (Å²) in [6.45, 7) is 3.93. The number of rotatable bonds is 6. The molecule has 1 aromatic heterocycles. The molecule has 1 saturated heterocycles. The molecule has 2 saturated carbocycles. The van der Waals surface area contributed by atoms with Crippen LogP contribution in [-0.2, 0) is 16.8 Å². The van der Waals surface area contributed by atoms with Gasteiger partial charge < -0.3 is 4.42 Å². The second kappa shape index (κ2) is 5.90. The maximum Gasteiger partial charge on any atom is 0.282 e. The maximum atomic E-state index is 13.0. The van der Waals surface area contributed by atoms with Crippen molar-refractivity contribution >= 4 is 10.2 Å². The van der Waals surface area contributed by atoms with Crippen molar-refractivity contribution < 1.29 is 12.8 Å². The number of hydrogen-bond acceptors (Lipinski definition) is 3. The molecule has 2 atom stereocenters. The largest absolute Gasteiger partial charge is 0.464 e. The first-order valence-corrected chi connectivity index (χ1v) is 10.3. The summed E-state index contributed by atoms with van der Waals surface area (Å²) in [5.41, 5.74) is 0. The second-order valence-electron chi connectivity index (χ2n) is 7.37. The van der Waals surface area contributed by atoms with E-state index in [0.717, 1.165) is 43.6 Å². The highest BCUT2D eigenvalue weighted by Crippen LogP contribution is 2.47. The smallest absolute Gasteiger partial charge is 0.282 e. The van der Waals surface area contributed by atoms with Crippen LogP contribution in [-0.4, -0.2) is 36.2 Å². The van der Waals surface area contributed by atoms with Gasteiger partial charge in [-0.3, -0.25) is 0 Å². The SMILES string of the molecule is C[C@@H]1C[C@H]1c1ccc(CN(C2CC2)S(=O)(=O)N2CCCCC2)o1. The summed E-state index contributed by atoms with van der Waals surface area (Å²) in [5, 5.41) is 0. The fourth-order valence-electron chi connectivity index (χ4n) is 3.56. The van der Waals surface area contributed by atoms with Crippen LogP contribution in [0.15, 0.2) is 16.5 Å². The molecule has 2 heterocycles. The molecule has 6 heteroatoms. The molecular formula is C17H26N2O3S. The van der Waals surface area contributed by atoms with Gasteiger partial charge in [-0.25, -0.2) is 0 Å². The normalized spacial score (nSPS) is 29.1. The molecule has 5 nitrogen and oxygen atoms in total. The summed E-state index contributed by atoms with van der Waals surface area (Å²) in [6, 6.07) is 4.15. The number of piperidine rings is 1. The Labute approximate surface area is 138 Å². The van der Waals surface area contributed by atoms with E-state index in [1.165, 1.54) is 6.42 Å². The van der Waals surface area contributed by atoms with E-state index in [-0.39, 0.29) is 6.04 Å². The Morgan fingerprint density at radius 1 is 1.22 bits per heavy atom. The number of nitrogens with zero attached hydrogens (tertiary/aromatic N) is 2. The molecule has 1 aromatic rings. The lowest BCUT2D eigenvalue weighted by Gasteiger charge is -2.31. The third kappa shape index (κ3) is 3.21. The summed E-state index contributed by atoms with van der Waals surface area (Å²) in [6.07, 6.45) is 6.22. The van der Waals surface area contributed by atoms with Crippen molar-refractivity contribution in [3.05, 3.63) is 23.7 Å². The predicted molar refractivity (Wildman–Crippen MR) is 88.1 cm³/mol. The molecule has 0 amide bonds. The van der Waals surface area contributed by atoms with Gasteiger partial charge in [0.05, 0.1) is 6.54 Å². The summed E-state index contributed by atoms with van der Waals surface area (Å²) in [7, 11) is -3.36. The average molecular weight is 338 g/mol. The second-order valence-corrected chi connectivity index (χ2v) is 9.25. The highest BCUT2D eigenvalue weighted by molar-refractivity contribution is 7.86. The summed E-state index contributed by atoms with van der Waals surface area (Å²) in [4.78, 5) is 0. The van der Waals surface area contributed by atoms with Crippen molar-refractivity contribution in [2.75, 3.05) is 13.1 Å². The Hall–Kier alpha value is -0.850. The van der Waals surface area contributed by atoms with Gasteiger partial charge in [-0.1, -0.05) is 13.3 Å². The zero-order valence-corrected chi connectivity index (χ0v) is 14.6. The van der Waals surface area contributed by atoms with Crippen LogP contribution in [0, 0.1) is 5.92 Å². The van der Waals surface area contributed by atoms with Crippen LogP contribution >= 0.6 is 0 Å². The molecule has 3 fully saturated rings. The minimum atomic E-state index is -3.36. The van der Waals surface area contributed by atoms with Gasteiger partial charge in [0.25, 0.3) is 10.2 Å². The lowest BCUT2D eigenvalue weighted by molar-refractivity contribution is 0.283. The van der Waals surface area contributed by atoms with Crippen LogP contribution in [0.5, 0.6) is 0 Å². The Bertz CT molecular complexity index is 659. The lowest BCUT2D eigenvalue weighted by atomic mass is 10.2. The molecule has 0 bridgehead atoms. The van der Waals surface area contributed by atoms with E-state index in [1.54, 1.807) is 8.61 Å². The first kappa shape index (κ1) is 15.7. The van der Waals surface area contributed by atoms with Crippen molar-refractivity contribution in [1.29, 1.82) is 0 Å². The zero-order chi connectivity index (χ0) is 16.0. The molecule has 23 heavy (non-hydrogen) atoms. The molecular weight excluding hydrogens is 312 g/mol. The molecule has 0 N–H and O–H groups in total. The van der Waals surface area contributed by atoms with Gasteiger partial charge >= 0.3 is 0 Å². The predicted octanol–water partition coefficient (Wildman–Crippen LogP) is 3.10. The van der Waals surface area contributed by atoms with Crippen molar-refractivity contribution in [2.45, 2.75) is 64.0 Å². The van der Waals surface area contributed by atoms with Crippen molar-refractivity contribution in [2.24, 2.45) is 5.92 Å². The third-order valence-electron chi connectivity index (χ3n) is 5.36. The van der Waals surface area contributed by atoms with E-state index >= 15 is 0 Å². The topological polar surface area (TPSA) is 53.8 Å². The van der Waals surface area contributed by atoms with E-state index < -0.39 is 10.2 Å². The minimum Gasteiger partial charge on any atom is -0.464 e. The van der Waals surface area contributed by atoms with Crippen LogP contribution in [0.3, 0.4) is 0 Å².